The molecule has 1 N–H and O–H groups in total. The minimum atomic E-state index is 0.554. The van der Waals surface area contributed by atoms with Crippen molar-refractivity contribution in [2.24, 2.45) is 0 Å². The Morgan fingerprint density at radius 2 is 2.44 bits per heavy atom. The summed E-state index contributed by atoms with van der Waals surface area (Å²) in [4.78, 5) is 6.74. The Bertz CT molecular complexity index is 337. The fraction of sp³-hybridized carbons (Fsp3) is 0.750. The van der Waals surface area contributed by atoms with E-state index in [1.807, 2.05) is 6.92 Å². The maximum absolute atomic E-state index is 5.54. The van der Waals surface area contributed by atoms with Crippen LogP contribution in [0.3, 0.4) is 0 Å². The highest BCUT2D eigenvalue weighted by Gasteiger charge is 2.25. The minimum Gasteiger partial charge on any atom is -0.445 e. The molecule has 1 saturated heterocycles. The Balaban J connectivity index is 2.00. The molecule has 1 aromatic heterocycles. The van der Waals surface area contributed by atoms with Crippen molar-refractivity contribution in [2.45, 2.75) is 45.8 Å². The molecule has 2 atom stereocenters. The maximum Gasteiger partial charge on any atom is 0.208 e. The molecule has 2 rings (SSSR count). The number of hydrogen-bond acceptors (Lipinski definition) is 4. The summed E-state index contributed by atoms with van der Waals surface area (Å²) in [6.45, 7) is 9.36. The molecular weight excluding hydrogens is 202 g/mol. The van der Waals surface area contributed by atoms with Gasteiger partial charge in [-0.15, -0.1) is 0 Å². The summed E-state index contributed by atoms with van der Waals surface area (Å²) < 4.78 is 5.54. The third-order valence-electron chi connectivity index (χ3n) is 3.21. The SMILES string of the molecule is CCC1CNC(C)CN1Cc1ncc(C)o1. The third-order valence-corrected chi connectivity index (χ3v) is 3.21. The second kappa shape index (κ2) is 4.97. The summed E-state index contributed by atoms with van der Waals surface area (Å²) in [6.07, 6.45) is 2.96. The number of piperazine rings is 1. The number of nitrogens with zero attached hydrogens (tertiary/aromatic N) is 2. The number of oxazole rings is 1. The van der Waals surface area contributed by atoms with E-state index < -0.39 is 0 Å². The van der Waals surface area contributed by atoms with E-state index >= 15 is 0 Å². The van der Waals surface area contributed by atoms with Crippen molar-refractivity contribution in [2.75, 3.05) is 13.1 Å². The number of aromatic nitrogens is 1. The summed E-state index contributed by atoms with van der Waals surface area (Å²) in [5.41, 5.74) is 0. The van der Waals surface area contributed by atoms with Gasteiger partial charge >= 0.3 is 0 Å². The minimum absolute atomic E-state index is 0.554. The molecule has 4 nitrogen and oxygen atoms in total. The van der Waals surface area contributed by atoms with E-state index in [2.05, 4.69) is 29.0 Å². The zero-order valence-corrected chi connectivity index (χ0v) is 10.4. The van der Waals surface area contributed by atoms with Gasteiger partial charge in [0.2, 0.25) is 5.89 Å². The molecule has 2 heterocycles. The van der Waals surface area contributed by atoms with E-state index in [1.165, 1.54) is 6.42 Å². The molecule has 1 aliphatic rings. The van der Waals surface area contributed by atoms with Crippen LogP contribution in [0.5, 0.6) is 0 Å². The molecule has 0 spiro atoms. The normalized spacial score (nSPS) is 27.2. The van der Waals surface area contributed by atoms with Gasteiger partial charge in [-0.2, -0.15) is 0 Å². The lowest BCUT2D eigenvalue weighted by atomic mass is 10.1. The summed E-state index contributed by atoms with van der Waals surface area (Å²) in [5, 5.41) is 3.51. The predicted molar refractivity (Wildman–Crippen MR) is 63.2 cm³/mol. The lowest BCUT2D eigenvalue weighted by Gasteiger charge is -2.38. The van der Waals surface area contributed by atoms with Gasteiger partial charge in [-0.05, 0) is 20.3 Å². The number of nitrogens with one attached hydrogen (secondary N) is 1. The van der Waals surface area contributed by atoms with Crippen LogP contribution in [0, 0.1) is 6.92 Å². The van der Waals surface area contributed by atoms with Gasteiger partial charge in [0.05, 0.1) is 12.7 Å². The Kier molecular flexibility index (Phi) is 3.61. The Hall–Kier alpha value is -0.870. The third kappa shape index (κ3) is 2.62. The average molecular weight is 223 g/mol. The first-order valence-electron chi connectivity index (χ1n) is 6.07. The van der Waals surface area contributed by atoms with Crippen LogP contribution in [-0.4, -0.2) is 35.1 Å². The molecular formula is C12H21N3O. The molecule has 0 radical (unpaired) electrons. The van der Waals surface area contributed by atoms with Crippen LogP contribution in [0.15, 0.2) is 10.6 Å². The summed E-state index contributed by atoms with van der Waals surface area (Å²) in [7, 11) is 0. The second-order valence-electron chi connectivity index (χ2n) is 4.67. The van der Waals surface area contributed by atoms with Gasteiger partial charge in [0.25, 0.3) is 0 Å². The second-order valence-corrected chi connectivity index (χ2v) is 4.67. The highest BCUT2D eigenvalue weighted by Crippen LogP contribution is 2.14. The van der Waals surface area contributed by atoms with E-state index in [0.717, 1.165) is 31.3 Å². The quantitative estimate of drug-likeness (QED) is 0.844. The molecule has 90 valence electrons. The Labute approximate surface area is 97.0 Å². The van der Waals surface area contributed by atoms with Crippen LogP contribution >= 0.6 is 0 Å². The molecule has 1 aliphatic heterocycles. The topological polar surface area (TPSA) is 41.3 Å². The number of hydrogen-bond donors (Lipinski definition) is 1. The molecule has 1 fully saturated rings. The van der Waals surface area contributed by atoms with Gasteiger partial charge in [-0.25, -0.2) is 4.98 Å². The van der Waals surface area contributed by atoms with Gasteiger partial charge in [0, 0.05) is 25.2 Å². The first-order chi connectivity index (χ1) is 7.69. The molecule has 0 aliphatic carbocycles. The van der Waals surface area contributed by atoms with Crippen LogP contribution in [0.25, 0.3) is 0 Å². The van der Waals surface area contributed by atoms with Crippen molar-refractivity contribution in [3.63, 3.8) is 0 Å². The fourth-order valence-corrected chi connectivity index (χ4v) is 2.28. The van der Waals surface area contributed by atoms with E-state index in [-0.39, 0.29) is 0 Å². The zero-order valence-electron chi connectivity index (χ0n) is 10.4. The highest BCUT2D eigenvalue weighted by atomic mass is 16.4. The van der Waals surface area contributed by atoms with Crippen molar-refractivity contribution in [3.8, 4) is 0 Å². The van der Waals surface area contributed by atoms with Gasteiger partial charge in [-0.1, -0.05) is 6.92 Å². The van der Waals surface area contributed by atoms with Crippen molar-refractivity contribution in [1.29, 1.82) is 0 Å². The number of rotatable bonds is 3. The van der Waals surface area contributed by atoms with E-state index in [0.29, 0.717) is 12.1 Å². The van der Waals surface area contributed by atoms with Crippen LogP contribution in [0.1, 0.15) is 31.9 Å². The largest absolute Gasteiger partial charge is 0.445 e. The standard InChI is InChI=1S/C12H21N3O/c1-4-11-6-13-9(2)7-15(11)8-12-14-5-10(3)16-12/h5,9,11,13H,4,6-8H2,1-3H3. The molecule has 1 aromatic rings. The van der Waals surface area contributed by atoms with Crippen molar-refractivity contribution >= 4 is 0 Å². The molecule has 2 unspecified atom stereocenters. The highest BCUT2D eigenvalue weighted by molar-refractivity contribution is 4.93. The summed E-state index contributed by atoms with van der Waals surface area (Å²) in [6, 6.07) is 1.15. The maximum atomic E-state index is 5.54. The van der Waals surface area contributed by atoms with Crippen molar-refractivity contribution < 1.29 is 4.42 Å². The molecule has 0 aromatic carbocycles. The van der Waals surface area contributed by atoms with E-state index in [9.17, 15) is 0 Å². The molecule has 0 saturated carbocycles. The average Bonchev–Trinajstić information content (AvgIpc) is 2.64. The fourth-order valence-electron chi connectivity index (χ4n) is 2.28. The Morgan fingerprint density at radius 1 is 1.62 bits per heavy atom. The number of aryl methyl sites for hydroxylation is 1. The molecule has 0 bridgehead atoms. The van der Waals surface area contributed by atoms with Gasteiger partial charge in [0.1, 0.15) is 5.76 Å². The van der Waals surface area contributed by atoms with E-state index in [4.69, 9.17) is 4.42 Å². The zero-order chi connectivity index (χ0) is 11.5. The van der Waals surface area contributed by atoms with Gasteiger partial charge < -0.3 is 9.73 Å². The lowest BCUT2D eigenvalue weighted by Crippen LogP contribution is -2.54. The summed E-state index contributed by atoms with van der Waals surface area (Å²) >= 11 is 0. The van der Waals surface area contributed by atoms with Crippen LogP contribution in [0.2, 0.25) is 0 Å². The Morgan fingerprint density at radius 3 is 3.06 bits per heavy atom. The predicted octanol–water partition coefficient (Wildman–Crippen LogP) is 1.56. The molecule has 0 amide bonds. The van der Waals surface area contributed by atoms with Gasteiger partial charge in [0.15, 0.2) is 0 Å². The molecule has 4 heteroatoms. The summed E-state index contributed by atoms with van der Waals surface area (Å²) in [5.74, 6) is 1.73. The van der Waals surface area contributed by atoms with Crippen molar-refractivity contribution in [3.05, 3.63) is 17.8 Å². The van der Waals surface area contributed by atoms with Gasteiger partial charge in [-0.3, -0.25) is 4.90 Å². The van der Waals surface area contributed by atoms with Crippen molar-refractivity contribution in [1.82, 2.24) is 15.2 Å². The van der Waals surface area contributed by atoms with Crippen LogP contribution < -0.4 is 5.32 Å². The molecule has 16 heavy (non-hydrogen) atoms. The van der Waals surface area contributed by atoms with Crippen LogP contribution in [0.4, 0.5) is 0 Å². The lowest BCUT2D eigenvalue weighted by molar-refractivity contribution is 0.113. The van der Waals surface area contributed by atoms with Crippen LogP contribution in [-0.2, 0) is 6.54 Å². The smallest absolute Gasteiger partial charge is 0.208 e. The first-order valence-corrected chi connectivity index (χ1v) is 6.07. The monoisotopic (exact) mass is 223 g/mol. The van der Waals surface area contributed by atoms with E-state index in [1.54, 1.807) is 6.20 Å². The first kappa shape index (κ1) is 11.6.